The summed E-state index contributed by atoms with van der Waals surface area (Å²) >= 11 is 0. The van der Waals surface area contributed by atoms with Gasteiger partial charge >= 0.3 is 5.97 Å². The van der Waals surface area contributed by atoms with E-state index in [0.717, 1.165) is 30.1 Å². The van der Waals surface area contributed by atoms with Crippen molar-refractivity contribution in [1.82, 2.24) is 0 Å². The topological polar surface area (TPSA) is 69.4 Å². The van der Waals surface area contributed by atoms with E-state index in [1.54, 1.807) is 6.92 Å². The number of hydrogen-bond donors (Lipinski definition) is 1. The van der Waals surface area contributed by atoms with Gasteiger partial charge in [-0.15, -0.1) is 0 Å². The first-order valence-electron chi connectivity index (χ1n) is 14.0. The molecular weight excluding hydrogens is 422 g/mol. The van der Waals surface area contributed by atoms with Gasteiger partial charge in [0.2, 0.25) is 6.41 Å². The number of fused-ring (bicyclic) bond motifs is 7. The van der Waals surface area contributed by atoms with E-state index in [1.807, 2.05) is 5.57 Å². The van der Waals surface area contributed by atoms with Gasteiger partial charge < -0.3 is 10.5 Å². The lowest BCUT2D eigenvalue weighted by molar-refractivity contribution is -0.176. The van der Waals surface area contributed by atoms with Gasteiger partial charge in [0.1, 0.15) is 6.10 Å². The first kappa shape index (κ1) is 25.8. The van der Waals surface area contributed by atoms with Crippen LogP contribution < -0.4 is 5.73 Å². The van der Waals surface area contributed by atoms with E-state index in [4.69, 9.17) is 9.53 Å². The molecule has 0 aromatic carbocycles. The number of ether oxygens (including phenoxy) is 1. The molecule has 0 spiro atoms. The highest BCUT2D eigenvalue weighted by Gasteiger charge is 2.62. The predicted molar refractivity (Wildman–Crippen MR) is 137 cm³/mol. The molecule has 1 amide bonds. The van der Waals surface area contributed by atoms with Crippen molar-refractivity contribution >= 4 is 12.4 Å². The van der Waals surface area contributed by atoms with Crippen molar-refractivity contribution in [2.24, 2.45) is 57.5 Å². The van der Waals surface area contributed by atoms with Crippen LogP contribution in [0.3, 0.4) is 0 Å². The fourth-order valence-electron chi connectivity index (χ4n) is 10.0. The maximum absolute atomic E-state index is 11.7. The predicted octanol–water partition coefficient (Wildman–Crippen LogP) is 6.67. The smallest absolute Gasteiger partial charge is 0.302 e. The van der Waals surface area contributed by atoms with Crippen LogP contribution in [0, 0.1) is 51.8 Å². The van der Waals surface area contributed by atoms with Crippen LogP contribution in [0.1, 0.15) is 106 Å². The van der Waals surface area contributed by atoms with Crippen molar-refractivity contribution in [3.63, 3.8) is 0 Å². The molecule has 0 heterocycles. The van der Waals surface area contributed by atoms with Crippen LogP contribution >= 0.6 is 0 Å². The third-order valence-electron chi connectivity index (χ3n) is 11.8. The average Bonchev–Trinajstić information content (AvgIpc) is 2.76. The summed E-state index contributed by atoms with van der Waals surface area (Å²) in [4.78, 5) is 20.3. The van der Waals surface area contributed by atoms with Gasteiger partial charge in [-0.05, 0) is 110 Å². The second-order valence-electron chi connectivity index (χ2n) is 13.5. The molecule has 5 aliphatic carbocycles. The number of amides is 1. The molecule has 10 atom stereocenters. The summed E-state index contributed by atoms with van der Waals surface area (Å²) in [5, 5.41) is 0. The molecule has 4 saturated carbocycles. The van der Waals surface area contributed by atoms with Gasteiger partial charge in [-0.1, -0.05) is 52.7 Å². The molecule has 0 bridgehead atoms. The Hall–Kier alpha value is -1.32. The van der Waals surface area contributed by atoms with Crippen molar-refractivity contribution in [3.05, 3.63) is 11.6 Å². The molecule has 0 radical (unpaired) electrons. The number of primary amides is 1. The quantitative estimate of drug-likeness (QED) is 0.264. The molecule has 192 valence electrons. The molecular formula is C30H49NO3. The second-order valence-corrected chi connectivity index (χ2v) is 13.5. The fraction of sp³-hybridized carbons (Fsp3) is 0.867. The van der Waals surface area contributed by atoms with E-state index in [1.165, 1.54) is 57.8 Å². The van der Waals surface area contributed by atoms with Crippen molar-refractivity contribution in [2.75, 3.05) is 0 Å². The van der Waals surface area contributed by atoms with Crippen molar-refractivity contribution in [3.8, 4) is 0 Å². The van der Waals surface area contributed by atoms with Crippen LogP contribution in [0.2, 0.25) is 0 Å². The van der Waals surface area contributed by atoms with Gasteiger partial charge in [0.05, 0.1) is 0 Å². The largest absolute Gasteiger partial charge is 0.462 e. The standard InChI is InChI=1S/C29H46O2.CH3NO/c1-18-9-13-27(4)14-10-23-21(24(27)17-18)7-8-26-28(5)16-12-25(31-20(3)30)19(2)22(28)11-15-29(23,26)6;2-1-3/h7,18-19,22-26H,8-17H2,1-6H3;1H,(H2,2,3). The third-order valence-corrected chi connectivity index (χ3v) is 11.8. The first-order chi connectivity index (χ1) is 16.0. The molecule has 2 N–H and O–H groups in total. The van der Waals surface area contributed by atoms with Crippen LogP contribution in [-0.4, -0.2) is 18.5 Å². The Morgan fingerprint density at radius 1 is 1.00 bits per heavy atom. The minimum atomic E-state index is -0.0988. The Morgan fingerprint density at radius 2 is 1.65 bits per heavy atom. The minimum absolute atomic E-state index is 0.0988. The summed E-state index contributed by atoms with van der Waals surface area (Å²) in [7, 11) is 0. The molecule has 0 saturated heterocycles. The van der Waals surface area contributed by atoms with Gasteiger partial charge in [-0.2, -0.15) is 0 Å². The van der Waals surface area contributed by atoms with Crippen molar-refractivity contribution in [1.29, 1.82) is 0 Å². The van der Waals surface area contributed by atoms with E-state index < -0.39 is 0 Å². The zero-order valence-electron chi connectivity index (χ0n) is 22.6. The normalized spacial score (nSPS) is 49.5. The minimum Gasteiger partial charge on any atom is -0.462 e. The zero-order chi connectivity index (χ0) is 24.9. The number of carbonyl (C=O) groups excluding carboxylic acids is 2. The number of esters is 1. The van der Waals surface area contributed by atoms with E-state index in [2.05, 4.69) is 46.4 Å². The van der Waals surface area contributed by atoms with Gasteiger partial charge in [0, 0.05) is 6.92 Å². The lowest BCUT2D eigenvalue weighted by Gasteiger charge is -2.66. The maximum atomic E-state index is 11.7. The number of rotatable bonds is 1. The Bertz CT molecular complexity index is 822. The SMILES string of the molecule is CC(=O)OC1CCC2(C)C(CCC3(C)C4CCC5(C)CCC(C)CC5C4=CCC32)C1C.NC=O. The van der Waals surface area contributed by atoms with Crippen LogP contribution in [-0.2, 0) is 14.3 Å². The zero-order valence-corrected chi connectivity index (χ0v) is 22.6. The van der Waals surface area contributed by atoms with Gasteiger partial charge in [-0.3, -0.25) is 9.59 Å². The Morgan fingerprint density at radius 3 is 2.32 bits per heavy atom. The monoisotopic (exact) mass is 471 g/mol. The van der Waals surface area contributed by atoms with Crippen LogP contribution in [0.5, 0.6) is 0 Å². The molecule has 5 aliphatic rings. The van der Waals surface area contributed by atoms with E-state index >= 15 is 0 Å². The van der Waals surface area contributed by atoms with Gasteiger partial charge in [-0.25, -0.2) is 0 Å². The van der Waals surface area contributed by atoms with Crippen LogP contribution in [0.4, 0.5) is 0 Å². The Labute approximate surface area is 207 Å². The second kappa shape index (κ2) is 9.28. The van der Waals surface area contributed by atoms with E-state index in [0.29, 0.717) is 28.1 Å². The third kappa shape index (κ3) is 4.05. The summed E-state index contributed by atoms with van der Waals surface area (Å²) in [6.07, 6.45) is 16.6. The lowest BCUT2D eigenvalue weighted by Crippen LogP contribution is -2.59. The molecule has 4 nitrogen and oxygen atoms in total. The summed E-state index contributed by atoms with van der Waals surface area (Å²) in [6, 6.07) is 0. The lowest BCUT2D eigenvalue weighted by atomic mass is 9.39. The molecule has 0 aromatic heterocycles. The molecule has 5 rings (SSSR count). The van der Waals surface area contributed by atoms with Crippen molar-refractivity contribution in [2.45, 2.75) is 112 Å². The summed E-state index contributed by atoms with van der Waals surface area (Å²) in [6.45, 7) is 14.4. The van der Waals surface area contributed by atoms with E-state index in [-0.39, 0.29) is 18.5 Å². The number of nitrogens with two attached hydrogens (primary N) is 1. The molecule has 34 heavy (non-hydrogen) atoms. The molecule has 4 heteroatoms. The summed E-state index contributed by atoms with van der Waals surface area (Å²) < 4.78 is 5.77. The highest BCUT2D eigenvalue weighted by molar-refractivity contribution is 5.66. The number of hydrogen-bond acceptors (Lipinski definition) is 3. The molecule has 10 unspecified atom stereocenters. The maximum Gasteiger partial charge on any atom is 0.302 e. The molecule has 0 aliphatic heterocycles. The highest BCUT2D eigenvalue weighted by Crippen LogP contribution is 2.70. The number of allylic oxidation sites excluding steroid dienone is 2. The first-order valence-corrected chi connectivity index (χ1v) is 14.0. The van der Waals surface area contributed by atoms with E-state index in [9.17, 15) is 4.79 Å². The Balaban J connectivity index is 0.000000868. The molecule has 0 aromatic rings. The number of carbonyl (C=O) groups is 2. The fourth-order valence-corrected chi connectivity index (χ4v) is 10.0. The molecule has 4 fully saturated rings. The Kier molecular flexibility index (Phi) is 7.03. The summed E-state index contributed by atoms with van der Waals surface area (Å²) in [5.74, 6) is 4.44. The van der Waals surface area contributed by atoms with Gasteiger partial charge in [0.25, 0.3) is 0 Å². The summed E-state index contributed by atoms with van der Waals surface area (Å²) in [5.41, 5.74) is 7.48. The van der Waals surface area contributed by atoms with Gasteiger partial charge in [0.15, 0.2) is 0 Å². The average molecular weight is 472 g/mol. The van der Waals surface area contributed by atoms with Crippen molar-refractivity contribution < 1.29 is 14.3 Å². The van der Waals surface area contributed by atoms with Crippen LogP contribution in [0.25, 0.3) is 0 Å². The van der Waals surface area contributed by atoms with Crippen LogP contribution in [0.15, 0.2) is 11.6 Å². The highest BCUT2D eigenvalue weighted by atomic mass is 16.5.